The SMILES string of the molecule is C=CCn1c(SCC(=O)c2ccc3c(c2)Cc2ccccc2-3)nnc1-c1cccc(OC)c1. The number of hydrogen-bond acceptors (Lipinski definition) is 5. The molecular formula is C27H23N3O2S. The van der Waals surface area contributed by atoms with Crippen LogP contribution in [-0.4, -0.2) is 33.4 Å². The van der Waals surface area contributed by atoms with Gasteiger partial charge < -0.3 is 4.74 Å². The van der Waals surface area contributed by atoms with E-state index in [1.807, 2.05) is 41.0 Å². The van der Waals surface area contributed by atoms with Crippen LogP contribution in [0.1, 0.15) is 21.5 Å². The van der Waals surface area contributed by atoms with Gasteiger partial charge in [-0.2, -0.15) is 0 Å². The molecule has 1 aromatic heterocycles. The normalized spacial score (nSPS) is 11.7. The molecule has 0 bridgehead atoms. The first-order valence-electron chi connectivity index (χ1n) is 10.7. The number of fused-ring (bicyclic) bond motifs is 3. The van der Waals surface area contributed by atoms with E-state index in [9.17, 15) is 4.79 Å². The van der Waals surface area contributed by atoms with E-state index in [1.54, 1.807) is 13.2 Å². The molecule has 1 aliphatic carbocycles. The van der Waals surface area contributed by atoms with Crippen molar-refractivity contribution in [3.8, 4) is 28.3 Å². The van der Waals surface area contributed by atoms with Gasteiger partial charge in [0.15, 0.2) is 16.8 Å². The highest BCUT2D eigenvalue weighted by atomic mass is 32.2. The molecule has 1 aliphatic rings. The molecule has 4 aromatic rings. The lowest BCUT2D eigenvalue weighted by atomic mass is 10.0. The lowest BCUT2D eigenvalue weighted by Crippen LogP contribution is -2.06. The van der Waals surface area contributed by atoms with E-state index >= 15 is 0 Å². The fraction of sp³-hybridized carbons (Fsp3) is 0.148. The first-order valence-corrected chi connectivity index (χ1v) is 11.7. The molecule has 0 saturated heterocycles. The quantitative estimate of drug-likeness (QED) is 0.172. The highest BCUT2D eigenvalue weighted by molar-refractivity contribution is 7.99. The van der Waals surface area contributed by atoms with Gasteiger partial charge in [0.2, 0.25) is 0 Å². The summed E-state index contributed by atoms with van der Waals surface area (Å²) in [7, 11) is 1.64. The van der Waals surface area contributed by atoms with Crippen molar-refractivity contribution in [2.75, 3.05) is 12.9 Å². The summed E-state index contributed by atoms with van der Waals surface area (Å²) in [6.45, 7) is 4.41. The maximum atomic E-state index is 13.0. The monoisotopic (exact) mass is 453 g/mol. The molecule has 0 saturated carbocycles. The Balaban J connectivity index is 1.34. The molecule has 0 fully saturated rings. The average Bonchev–Trinajstić information content (AvgIpc) is 3.43. The van der Waals surface area contributed by atoms with E-state index in [2.05, 4.69) is 47.1 Å². The van der Waals surface area contributed by atoms with E-state index in [1.165, 1.54) is 34.0 Å². The second kappa shape index (κ2) is 9.08. The fourth-order valence-corrected chi connectivity index (χ4v) is 5.04. The number of carbonyl (C=O) groups excluding carboxylic acids is 1. The lowest BCUT2D eigenvalue weighted by molar-refractivity contribution is 0.102. The Morgan fingerprint density at radius 3 is 2.76 bits per heavy atom. The number of methoxy groups -OCH3 is 1. The van der Waals surface area contributed by atoms with Crippen molar-refractivity contribution in [3.63, 3.8) is 0 Å². The third-order valence-electron chi connectivity index (χ3n) is 5.80. The zero-order valence-corrected chi connectivity index (χ0v) is 19.1. The highest BCUT2D eigenvalue weighted by Crippen LogP contribution is 2.37. The van der Waals surface area contributed by atoms with E-state index in [-0.39, 0.29) is 5.78 Å². The molecule has 3 aromatic carbocycles. The second-order valence-corrected chi connectivity index (χ2v) is 8.80. The standard InChI is InChI=1S/C27H23N3O2S/c1-3-13-30-26(20-8-6-9-22(16-20)32-2)28-29-27(30)33-17-25(31)19-11-12-24-21(15-19)14-18-7-4-5-10-23(18)24/h3-12,15-16H,1,13-14,17H2,2H3. The van der Waals surface area contributed by atoms with Crippen LogP contribution in [0.3, 0.4) is 0 Å². The molecule has 5 rings (SSSR count). The number of thioether (sulfide) groups is 1. The molecule has 0 aliphatic heterocycles. The van der Waals surface area contributed by atoms with Crippen LogP contribution in [0, 0.1) is 0 Å². The Bertz CT molecular complexity index is 1360. The zero-order chi connectivity index (χ0) is 22.8. The van der Waals surface area contributed by atoms with Crippen molar-refractivity contribution >= 4 is 17.5 Å². The van der Waals surface area contributed by atoms with Crippen molar-refractivity contribution < 1.29 is 9.53 Å². The topological polar surface area (TPSA) is 57.0 Å². The summed E-state index contributed by atoms with van der Waals surface area (Å²) in [4.78, 5) is 13.0. The van der Waals surface area contributed by atoms with Crippen molar-refractivity contribution in [2.45, 2.75) is 18.1 Å². The van der Waals surface area contributed by atoms with Crippen LogP contribution in [-0.2, 0) is 13.0 Å². The Kier molecular flexibility index (Phi) is 5.84. The van der Waals surface area contributed by atoms with Crippen LogP contribution in [0.4, 0.5) is 0 Å². The summed E-state index contributed by atoms with van der Waals surface area (Å²) in [6.07, 6.45) is 2.68. The number of aromatic nitrogens is 3. The van der Waals surface area contributed by atoms with E-state index in [0.717, 1.165) is 29.1 Å². The molecule has 0 amide bonds. The summed E-state index contributed by atoms with van der Waals surface area (Å²) in [5.74, 6) is 1.84. The number of ketones is 1. The largest absolute Gasteiger partial charge is 0.497 e. The van der Waals surface area contributed by atoms with Crippen LogP contribution in [0.25, 0.3) is 22.5 Å². The van der Waals surface area contributed by atoms with E-state index in [0.29, 0.717) is 17.5 Å². The van der Waals surface area contributed by atoms with Gasteiger partial charge in [0.1, 0.15) is 5.75 Å². The summed E-state index contributed by atoms with van der Waals surface area (Å²) in [6, 6.07) is 22.2. The lowest BCUT2D eigenvalue weighted by Gasteiger charge is -2.09. The van der Waals surface area contributed by atoms with Crippen molar-refractivity contribution in [1.82, 2.24) is 14.8 Å². The molecule has 0 unspecified atom stereocenters. The number of hydrogen-bond donors (Lipinski definition) is 0. The Morgan fingerprint density at radius 1 is 1.06 bits per heavy atom. The van der Waals surface area contributed by atoms with Crippen molar-refractivity contribution in [3.05, 3.63) is 96.1 Å². The highest BCUT2D eigenvalue weighted by Gasteiger charge is 2.20. The number of ether oxygens (including phenoxy) is 1. The summed E-state index contributed by atoms with van der Waals surface area (Å²) < 4.78 is 7.31. The van der Waals surface area contributed by atoms with Crippen molar-refractivity contribution in [1.29, 1.82) is 0 Å². The summed E-state index contributed by atoms with van der Waals surface area (Å²) >= 11 is 1.40. The van der Waals surface area contributed by atoms with Crippen LogP contribution in [0.5, 0.6) is 5.75 Å². The number of carbonyl (C=O) groups is 1. The molecule has 164 valence electrons. The van der Waals surface area contributed by atoms with Gasteiger partial charge in [-0.1, -0.05) is 66.4 Å². The number of benzene rings is 3. The minimum Gasteiger partial charge on any atom is -0.497 e. The van der Waals surface area contributed by atoms with Gasteiger partial charge in [0.25, 0.3) is 0 Å². The van der Waals surface area contributed by atoms with E-state index in [4.69, 9.17) is 4.74 Å². The van der Waals surface area contributed by atoms with Gasteiger partial charge in [-0.05, 0) is 46.9 Å². The molecular weight excluding hydrogens is 430 g/mol. The molecule has 1 heterocycles. The fourth-order valence-electron chi connectivity index (χ4n) is 4.20. The maximum absolute atomic E-state index is 13.0. The molecule has 0 atom stereocenters. The van der Waals surface area contributed by atoms with Gasteiger partial charge in [-0.15, -0.1) is 16.8 Å². The van der Waals surface area contributed by atoms with Gasteiger partial charge in [-0.3, -0.25) is 9.36 Å². The smallest absolute Gasteiger partial charge is 0.192 e. The zero-order valence-electron chi connectivity index (χ0n) is 18.3. The summed E-state index contributed by atoms with van der Waals surface area (Å²) in [5, 5.41) is 9.42. The van der Waals surface area contributed by atoms with Crippen LogP contribution in [0.2, 0.25) is 0 Å². The predicted molar refractivity (Wildman–Crippen MR) is 132 cm³/mol. The van der Waals surface area contributed by atoms with Crippen LogP contribution < -0.4 is 4.74 Å². The Labute approximate surface area is 197 Å². The van der Waals surface area contributed by atoms with Crippen LogP contribution >= 0.6 is 11.8 Å². The number of Topliss-reactive ketones (excluding diaryl/α,β-unsaturated/α-hetero) is 1. The van der Waals surface area contributed by atoms with Gasteiger partial charge in [0, 0.05) is 17.7 Å². The van der Waals surface area contributed by atoms with Gasteiger partial charge in [-0.25, -0.2) is 0 Å². The number of nitrogens with zero attached hydrogens (tertiary/aromatic N) is 3. The van der Waals surface area contributed by atoms with E-state index < -0.39 is 0 Å². The van der Waals surface area contributed by atoms with Gasteiger partial charge >= 0.3 is 0 Å². The second-order valence-electron chi connectivity index (χ2n) is 7.86. The van der Waals surface area contributed by atoms with Crippen molar-refractivity contribution in [2.24, 2.45) is 0 Å². The molecule has 0 N–H and O–H groups in total. The Morgan fingerprint density at radius 2 is 1.91 bits per heavy atom. The minimum absolute atomic E-state index is 0.0786. The number of allylic oxidation sites excluding steroid dienone is 1. The molecule has 5 nitrogen and oxygen atoms in total. The summed E-state index contributed by atoms with van der Waals surface area (Å²) in [5.41, 5.74) is 6.65. The van der Waals surface area contributed by atoms with Gasteiger partial charge in [0.05, 0.1) is 12.9 Å². The third-order valence-corrected chi connectivity index (χ3v) is 6.77. The predicted octanol–water partition coefficient (Wildman–Crippen LogP) is 5.69. The molecule has 0 radical (unpaired) electrons. The first kappa shape index (κ1) is 21.2. The molecule has 6 heteroatoms. The first-order chi connectivity index (χ1) is 16.2. The van der Waals surface area contributed by atoms with Crippen LogP contribution in [0.15, 0.2) is 84.5 Å². The number of rotatable bonds is 8. The third kappa shape index (κ3) is 4.10. The average molecular weight is 454 g/mol. The minimum atomic E-state index is 0.0786. The molecule has 0 spiro atoms. The maximum Gasteiger partial charge on any atom is 0.192 e. The molecule has 33 heavy (non-hydrogen) atoms. The Hall–Kier alpha value is -3.64.